The number of fused-ring (bicyclic) bond motifs is 2. The molecule has 3 aromatic heterocycles. The molecule has 212 valence electrons. The number of likely N-dealkylation sites (N-methyl/N-ethyl adjacent to an activating group) is 1. The Morgan fingerprint density at radius 1 is 0.902 bits per heavy atom. The molecule has 0 spiro atoms. The molecule has 2 fully saturated rings. The second kappa shape index (κ2) is 10.6. The van der Waals surface area contributed by atoms with Gasteiger partial charge in [0.2, 0.25) is 5.95 Å². The number of aromatic nitrogens is 5. The summed E-state index contributed by atoms with van der Waals surface area (Å²) < 4.78 is 4.37. The van der Waals surface area contributed by atoms with Crippen LogP contribution in [0, 0.1) is 0 Å². The van der Waals surface area contributed by atoms with E-state index in [1.54, 1.807) is 6.33 Å². The maximum absolute atomic E-state index is 6.46. The van der Waals surface area contributed by atoms with Gasteiger partial charge in [-0.15, -0.1) is 0 Å². The van der Waals surface area contributed by atoms with Gasteiger partial charge in [-0.1, -0.05) is 29.8 Å². The average molecular weight is 570 g/mol. The second-order valence-electron chi connectivity index (χ2n) is 11.5. The van der Waals surface area contributed by atoms with Gasteiger partial charge >= 0.3 is 0 Å². The smallest absolute Gasteiger partial charge is 0.208 e. The minimum atomic E-state index is 0.412. The number of nitrogen functional groups attached to an aromatic ring is 1. The van der Waals surface area contributed by atoms with Crippen molar-refractivity contribution >= 4 is 51.1 Å². The van der Waals surface area contributed by atoms with Crippen LogP contribution in [0.1, 0.15) is 31.7 Å². The third kappa shape index (κ3) is 4.81. The summed E-state index contributed by atoms with van der Waals surface area (Å²) in [5.41, 5.74) is 12.3. The van der Waals surface area contributed by atoms with E-state index < -0.39 is 0 Å². The highest BCUT2D eigenvalue weighted by Gasteiger charge is 2.30. The lowest BCUT2D eigenvalue weighted by atomic mass is 9.89. The number of halogens is 1. The van der Waals surface area contributed by atoms with E-state index in [-0.39, 0.29) is 0 Å². The molecule has 1 aliphatic carbocycles. The third-order valence-corrected chi connectivity index (χ3v) is 9.37. The van der Waals surface area contributed by atoms with E-state index in [1.165, 1.54) is 39.0 Å². The summed E-state index contributed by atoms with van der Waals surface area (Å²) in [5.74, 6) is 1.26. The fraction of sp³-hybridized carbons (Fsp3) is 0.387. The van der Waals surface area contributed by atoms with E-state index in [0.29, 0.717) is 22.9 Å². The Kier molecular flexibility index (Phi) is 6.81. The van der Waals surface area contributed by atoms with Gasteiger partial charge in [-0.2, -0.15) is 0 Å². The van der Waals surface area contributed by atoms with E-state index in [0.717, 1.165) is 57.7 Å². The highest BCUT2D eigenvalue weighted by atomic mass is 35.5. The topological polar surface area (TPSA) is 93.1 Å². The number of nitrogens with zero attached hydrogens (tertiary/aromatic N) is 7. The minimum Gasteiger partial charge on any atom is -0.383 e. The van der Waals surface area contributed by atoms with Crippen LogP contribution >= 0.6 is 11.6 Å². The van der Waals surface area contributed by atoms with E-state index in [2.05, 4.69) is 62.2 Å². The number of imidazole rings is 1. The fourth-order valence-electron chi connectivity index (χ4n) is 6.65. The van der Waals surface area contributed by atoms with Crippen LogP contribution in [0.25, 0.3) is 33.2 Å². The molecule has 2 aliphatic rings. The van der Waals surface area contributed by atoms with Gasteiger partial charge in [0.15, 0.2) is 0 Å². The van der Waals surface area contributed by atoms with Gasteiger partial charge in [-0.25, -0.2) is 15.0 Å². The van der Waals surface area contributed by atoms with Gasteiger partial charge in [0, 0.05) is 62.8 Å². The number of benzene rings is 2. The molecule has 1 aliphatic heterocycles. The van der Waals surface area contributed by atoms with Crippen molar-refractivity contribution < 1.29 is 0 Å². The van der Waals surface area contributed by atoms with Crippen molar-refractivity contribution in [2.45, 2.75) is 37.8 Å². The molecule has 0 atom stereocenters. The SMILES string of the molecule is CN1CCN(C2CCC(n3cc(-c4ccc(Nc5nc6c(Cl)cccc6n5C)cc4)c4c(N)ncnc43)CC2)CC1. The molecule has 41 heavy (non-hydrogen) atoms. The summed E-state index contributed by atoms with van der Waals surface area (Å²) in [6.45, 7) is 4.70. The number of para-hydroxylation sites is 1. The van der Waals surface area contributed by atoms with E-state index in [4.69, 9.17) is 27.3 Å². The van der Waals surface area contributed by atoms with Crippen LogP contribution in [0.3, 0.4) is 0 Å². The number of anilines is 3. The van der Waals surface area contributed by atoms with Crippen LogP contribution in [-0.2, 0) is 7.05 Å². The first-order chi connectivity index (χ1) is 20.0. The van der Waals surface area contributed by atoms with Crippen molar-refractivity contribution in [3.8, 4) is 11.1 Å². The molecular formula is C31H36ClN9. The van der Waals surface area contributed by atoms with Gasteiger partial charge in [0.25, 0.3) is 0 Å². The molecule has 10 heteroatoms. The van der Waals surface area contributed by atoms with Gasteiger partial charge in [-0.3, -0.25) is 4.90 Å². The first kappa shape index (κ1) is 26.3. The number of piperazine rings is 1. The predicted octanol–water partition coefficient (Wildman–Crippen LogP) is 5.70. The first-order valence-corrected chi connectivity index (χ1v) is 14.9. The maximum Gasteiger partial charge on any atom is 0.208 e. The van der Waals surface area contributed by atoms with Crippen molar-refractivity contribution in [3.05, 3.63) is 60.0 Å². The zero-order valence-corrected chi connectivity index (χ0v) is 24.3. The summed E-state index contributed by atoms with van der Waals surface area (Å²) in [6.07, 6.45) is 8.57. The van der Waals surface area contributed by atoms with E-state index in [1.807, 2.05) is 29.8 Å². The average Bonchev–Trinajstić information content (AvgIpc) is 3.54. The zero-order valence-electron chi connectivity index (χ0n) is 23.6. The standard InChI is InChI=1S/C31H36ClN9/c1-38-14-16-40(17-15-38)22-10-12-23(13-11-22)41-18-24(27-29(33)34-19-35-30(27)41)20-6-8-21(9-7-20)36-31-37-28-25(32)4-3-5-26(28)39(31)2/h3-9,18-19,22-23H,10-17H2,1-2H3,(H,36,37)(H2,33,34,35). The van der Waals surface area contributed by atoms with Gasteiger partial charge in [0.1, 0.15) is 23.3 Å². The zero-order chi connectivity index (χ0) is 28.1. The van der Waals surface area contributed by atoms with Crippen molar-refractivity contribution in [1.29, 1.82) is 0 Å². The van der Waals surface area contributed by atoms with Crippen LogP contribution < -0.4 is 11.1 Å². The van der Waals surface area contributed by atoms with Crippen LogP contribution in [-0.4, -0.2) is 73.2 Å². The molecule has 1 saturated heterocycles. The Morgan fingerprint density at radius 3 is 2.37 bits per heavy atom. The van der Waals surface area contributed by atoms with Crippen LogP contribution in [0.5, 0.6) is 0 Å². The molecular weight excluding hydrogens is 534 g/mol. The van der Waals surface area contributed by atoms with Gasteiger partial charge in [0.05, 0.1) is 15.9 Å². The number of aryl methyl sites for hydroxylation is 1. The van der Waals surface area contributed by atoms with E-state index >= 15 is 0 Å². The quantitative estimate of drug-likeness (QED) is 0.281. The molecule has 0 unspecified atom stereocenters. The summed E-state index contributed by atoms with van der Waals surface area (Å²) in [4.78, 5) is 18.9. The van der Waals surface area contributed by atoms with Crippen LogP contribution in [0.15, 0.2) is 55.0 Å². The van der Waals surface area contributed by atoms with Gasteiger partial charge in [-0.05, 0) is 62.6 Å². The lowest BCUT2D eigenvalue weighted by Gasteiger charge is -2.41. The highest BCUT2D eigenvalue weighted by molar-refractivity contribution is 6.35. The Bertz CT molecular complexity index is 1690. The lowest BCUT2D eigenvalue weighted by Crippen LogP contribution is -2.49. The number of nitrogens with two attached hydrogens (primary N) is 1. The normalized spacial score (nSPS) is 20.7. The summed E-state index contributed by atoms with van der Waals surface area (Å²) in [6, 6.07) is 15.3. The van der Waals surface area contributed by atoms with Crippen molar-refractivity contribution in [2.75, 3.05) is 44.3 Å². The monoisotopic (exact) mass is 569 g/mol. The molecule has 4 heterocycles. The Balaban J connectivity index is 1.13. The fourth-order valence-corrected chi connectivity index (χ4v) is 6.86. The summed E-state index contributed by atoms with van der Waals surface area (Å²) >= 11 is 6.37. The number of hydrogen-bond acceptors (Lipinski definition) is 7. The second-order valence-corrected chi connectivity index (χ2v) is 11.9. The molecule has 7 rings (SSSR count). The number of hydrogen-bond donors (Lipinski definition) is 2. The van der Waals surface area contributed by atoms with Crippen LogP contribution in [0.2, 0.25) is 5.02 Å². The lowest BCUT2D eigenvalue weighted by molar-refractivity contribution is 0.0828. The molecule has 3 N–H and O–H groups in total. The van der Waals surface area contributed by atoms with Crippen molar-refractivity contribution in [1.82, 2.24) is 33.9 Å². The Labute approximate surface area is 244 Å². The Morgan fingerprint density at radius 2 is 1.63 bits per heavy atom. The highest BCUT2D eigenvalue weighted by Crippen LogP contribution is 2.39. The Hall–Kier alpha value is -3.66. The maximum atomic E-state index is 6.46. The van der Waals surface area contributed by atoms with Crippen LogP contribution in [0.4, 0.5) is 17.5 Å². The minimum absolute atomic E-state index is 0.412. The molecule has 2 aromatic carbocycles. The van der Waals surface area contributed by atoms with E-state index in [9.17, 15) is 0 Å². The molecule has 0 bridgehead atoms. The predicted molar refractivity (Wildman–Crippen MR) is 167 cm³/mol. The molecule has 0 amide bonds. The van der Waals surface area contributed by atoms with Crippen molar-refractivity contribution in [2.24, 2.45) is 7.05 Å². The molecule has 9 nitrogen and oxygen atoms in total. The van der Waals surface area contributed by atoms with Gasteiger partial charge < -0.3 is 25.1 Å². The first-order valence-electron chi connectivity index (χ1n) is 14.5. The summed E-state index contributed by atoms with van der Waals surface area (Å²) in [5, 5.41) is 5.01. The summed E-state index contributed by atoms with van der Waals surface area (Å²) in [7, 11) is 4.21. The number of rotatable bonds is 5. The number of nitrogens with one attached hydrogen (secondary N) is 1. The third-order valence-electron chi connectivity index (χ3n) is 9.07. The molecule has 1 saturated carbocycles. The molecule has 0 radical (unpaired) electrons. The van der Waals surface area contributed by atoms with Crippen molar-refractivity contribution in [3.63, 3.8) is 0 Å². The largest absolute Gasteiger partial charge is 0.383 e. The molecule has 5 aromatic rings.